The average Bonchev–Trinajstić information content (AvgIpc) is 3.23. The van der Waals surface area contributed by atoms with Crippen molar-refractivity contribution < 1.29 is 0 Å². The molecule has 0 aliphatic carbocycles. The van der Waals surface area contributed by atoms with Crippen molar-refractivity contribution in [2.75, 3.05) is 19.6 Å². The van der Waals surface area contributed by atoms with Crippen molar-refractivity contribution >= 4 is 34.0 Å². The number of nitrogens with two attached hydrogens (primary N) is 1. The highest BCUT2D eigenvalue weighted by atomic mass is 35.5. The molecule has 3 aromatic rings. The first-order valence-corrected chi connectivity index (χ1v) is 10.3. The fourth-order valence-electron chi connectivity index (χ4n) is 4.18. The summed E-state index contributed by atoms with van der Waals surface area (Å²) in [6, 6.07) is 10.6. The monoisotopic (exact) mass is 418 g/mol. The number of H-pyrrole nitrogens is 1. The fraction of sp³-hybridized carbons (Fsp3) is 0.429. The summed E-state index contributed by atoms with van der Waals surface area (Å²) in [4.78, 5) is 24.9. The van der Waals surface area contributed by atoms with Crippen LogP contribution in [-0.4, -0.2) is 34.5 Å². The van der Waals surface area contributed by atoms with Gasteiger partial charge in [0.15, 0.2) is 0 Å². The number of aromatic nitrogens is 2. The van der Waals surface area contributed by atoms with E-state index in [1.54, 1.807) is 11.3 Å². The quantitative estimate of drug-likeness (QED) is 0.676. The molecule has 0 bridgehead atoms. The summed E-state index contributed by atoms with van der Waals surface area (Å²) in [7, 11) is 0. The minimum Gasteiger partial charge on any atom is -0.330 e. The largest absolute Gasteiger partial charge is 0.330 e. The molecule has 0 radical (unpaired) electrons. The molecular weight excluding hydrogens is 392 g/mol. The minimum atomic E-state index is -0.0297. The van der Waals surface area contributed by atoms with Gasteiger partial charge < -0.3 is 10.7 Å². The Morgan fingerprint density at radius 2 is 2.00 bits per heavy atom. The number of hydrogen-bond donors (Lipinski definition) is 2. The van der Waals surface area contributed by atoms with Crippen LogP contribution in [0.2, 0.25) is 0 Å². The van der Waals surface area contributed by atoms with E-state index >= 15 is 0 Å². The van der Waals surface area contributed by atoms with Crippen molar-refractivity contribution in [3.05, 3.63) is 62.5 Å². The van der Waals surface area contributed by atoms with E-state index in [2.05, 4.69) is 41.1 Å². The van der Waals surface area contributed by atoms with Crippen LogP contribution >= 0.6 is 23.7 Å². The van der Waals surface area contributed by atoms with E-state index in [9.17, 15) is 4.79 Å². The Kier molecular flexibility index (Phi) is 6.25. The highest BCUT2D eigenvalue weighted by molar-refractivity contribution is 7.18. The van der Waals surface area contributed by atoms with Crippen LogP contribution in [-0.2, 0) is 0 Å². The first-order valence-electron chi connectivity index (χ1n) is 9.48. The molecule has 1 aliphatic rings. The van der Waals surface area contributed by atoms with Crippen LogP contribution in [0.25, 0.3) is 10.2 Å². The molecule has 3 atom stereocenters. The maximum Gasteiger partial charge on any atom is 0.259 e. The lowest BCUT2D eigenvalue weighted by Crippen LogP contribution is -2.28. The SMILES string of the molecule is Cc1sc2nc(C(C)N3C[C@@H](CN)[C@H](c4ccccc4)C3)[nH]c(=O)c2c1C.Cl. The van der Waals surface area contributed by atoms with Gasteiger partial charge in [-0.05, 0) is 44.4 Å². The molecule has 0 amide bonds. The van der Waals surface area contributed by atoms with Crippen molar-refractivity contribution in [3.63, 3.8) is 0 Å². The van der Waals surface area contributed by atoms with E-state index in [1.165, 1.54) is 5.56 Å². The van der Waals surface area contributed by atoms with Gasteiger partial charge in [0.1, 0.15) is 10.7 Å². The van der Waals surface area contributed by atoms with Crippen LogP contribution in [0.5, 0.6) is 0 Å². The molecule has 7 heteroatoms. The van der Waals surface area contributed by atoms with E-state index in [0.717, 1.165) is 39.6 Å². The van der Waals surface area contributed by atoms with Crippen molar-refractivity contribution in [3.8, 4) is 0 Å². The summed E-state index contributed by atoms with van der Waals surface area (Å²) in [5.41, 5.74) is 8.43. The predicted molar refractivity (Wildman–Crippen MR) is 119 cm³/mol. The van der Waals surface area contributed by atoms with Gasteiger partial charge >= 0.3 is 0 Å². The highest BCUT2D eigenvalue weighted by Gasteiger charge is 2.36. The Hall–Kier alpha value is -1.73. The van der Waals surface area contributed by atoms with Gasteiger partial charge in [0.2, 0.25) is 0 Å². The molecule has 2 aromatic heterocycles. The molecule has 28 heavy (non-hydrogen) atoms. The molecule has 1 aliphatic heterocycles. The van der Waals surface area contributed by atoms with Crippen LogP contribution in [0.1, 0.15) is 40.7 Å². The van der Waals surface area contributed by atoms with Gasteiger partial charge in [-0.3, -0.25) is 9.69 Å². The summed E-state index contributed by atoms with van der Waals surface area (Å²) >= 11 is 1.60. The molecule has 3 N–H and O–H groups in total. The summed E-state index contributed by atoms with van der Waals surface area (Å²) < 4.78 is 0. The molecule has 1 aromatic carbocycles. The summed E-state index contributed by atoms with van der Waals surface area (Å²) in [5.74, 6) is 1.58. The van der Waals surface area contributed by atoms with Crippen LogP contribution in [0.4, 0.5) is 0 Å². The van der Waals surface area contributed by atoms with E-state index in [4.69, 9.17) is 10.7 Å². The number of thiophene rings is 1. The van der Waals surface area contributed by atoms with Crippen LogP contribution in [0.15, 0.2) is 35.1 Å². The molecule has 0 saturated carbocycles. The number of benzene rings is 1. The molecule has 1 fully saturated rings. The number of hydrogen-bond acceptors (Lipinski definition) is 5. The van der Waals surface area contributed by atoms with Gasteiger partial charge in [-0.25, -0.2) is 4.98 Å². The molecule has 150 valence electrons. The zero-order chi connectivity index (χ0) is 19.1. The predicted octanol–water partition coefficient (Wildman–Crippen LogP) is 3.76. The molecule has 4 rings (SSSR count). The number of rotatable bonds is 4. The number of halogens is 1. The third-order valence-corrected chi connectivity index (χ3v) is 7.10. The summed E-state index contributed by atoms with van der Waals surface area (Å²) in [6.07, 6.45) is 0. The molecule has 1 saturated heterocycles. The van der Waals surface area contributed by atoms with Gasteiger partial charge in [-0.15, -0.1) is 23.7 Å². The number of likely N-dealkylation sites (tertiary alicyclic amines) is 1. The van der Waals surface area contributed by atoms with Crippen molar-refractivity contribution in [1.82, 2.24) is 14.9 Å². The van der Waals surface area contributed by atoms with Gasteiger partial charge in [0.25, 0.3) is 5.56 Å². The van der Waals surface area contributed by atoms with Gasteiger partial charge in [0, 0.05) is 23.9 Å². The maximum absolute atomic E-state index is 12.6. The van der Waals surface area contributed by atoms with E-state index in [-0.39, 0.29) is 24.0 Å². The molecule has 0 spiro atoms. The number of nitrogens with one attached hydrogen (secondary N) is 1. The zero-order valence-electron chi connectivity index (χ0n) is 16.4. The van der Waals surface area contributed by atoms with Gasteiger partial charge in [-0.2, -0.15) is 0 Å². The third kappa shape index (κ3) is 3.62. The Morgan fingerprint density at radius 1 is 1.29 bits per heavy atom. The van der Waals surface area contributed by atoms with Crippen molar-refractivity contribution in [1.29, 1.82) is 0 Å². The van der Waals surface area contributed by atoms with Crippen molar-refractivity contribution in [2.45, 2.75) is 32.7 Å². The smallest absolute Gasteiger partial charge is 0.259 e. The van der Waals surface area contributed by atoms with E-state index in [0.29, 0.717) is 18.4 Å². The van der Waals surface area contributed by atoms with E-state index in [1.807, 2.05) is 19.9 Å². The van der Waals surface area contributed by atoms with Crippen LogP contribution < -0.4 is 11.3 Å². The molecule has 3 heterocycles. The summed E-state index contributed by atoms with van der Waals surface area (Å²) in [6.45, 7) is 8.66. The fourth-order valence-corrected chi connectivity index (χ4v) is 5.22. The van der Waals surface area contributed by atoms with Crippen LogP contribution in [0, 0.1) is 19.8 Å². The number of nitrogens with zero attached hydrogens (tertiary/aromatic N) is 2. The van der Waals surface area contributed by atoms with Crippen molar-refractivity contribution in [2.24, 2.45) is 11.7 Å². The lowest BCUT2D eigenvalue weighted by atomic mass is 9.89. The topological polar surface area (TPSA) is 75.0 Å². The van der Waals surface area contributed by atoms with E-state index < -0.39 is 0 Å². The van der Waals surface area contributed by atoms with Gasteiger partial charge in [-0.1, -0.05) is 30.3 Å². The molecular formula is C21H27ClN4OS. The zero-order valence-corrected chi connectivity index (χ0v) is 18.1. The number of aryl methyl sites for hydroxylation is 2. The van der Waals surface area contributed by atoms with Crippen LogP contribution in [0.3, 0.4) is 0 Å². The number of fused-ring (bicyclic) bond motifs is 1. The first kappa shape index (κ1) is 21.0. The van der Waals surface area contributed by atoms with Gasteiger partial charge in [0.05, 0.1) is 11.4 Å². The maximum atomic E-state index is 12.6. The molecule has 1 unspecified atom stereocenters. The standard InChI is InChI=1S/C21H26N4OS.ClH/c1-12-14(3)27-21-18(12)20(26)23-19(24-21)13(2)25-10-16(9-22)17(11-25)15-7-5-4-6-8-15;/h4-8,13,16-17H,9-11,22H2,1-3H3,(H,23,24,26);1H/t13?,16-,17+;/m1./s1. The Bertz CT molecular complexity index is 1020. The second-order valence-electron chi connectivity index (χ2n) is 7.56. The second-order valence-corrected chi connectivity index (χ2v) is 8.76. The lowest BCUT2D eigenvalue weighted by Gasteiger charge is -2.23. The second kappa shape index (κ2) is 8.33. The minimum absolute atomic E-state index is 0. The first-order chi connectivity index (χ1) is 13.0. The lowest BCUT2D eigenvalue weighted by molar-refractivity contribution is 0.243. The Morgan fingerprint density at radius 3 is 2.68 bits per heavy atom. The third-order valence-electron chi connectivity index (χ3n) is 6.00. The Labute approximate surface area is 175 Å². The highest BCUT2D eigenvalue weighted by Crippen LogP contribution is 2.36. The average molecular weight is 419 g/mol. The molecule has 5 nitrogen and oxygen atoms in total. The normalized spacial score (nSPS) is 21.0. The number of aromatic amines is 1. The summed E-state index contributed by atoms with van der Waals surface area (Å²) in [5, 5.41) is 0.733. The Balaban J connectivity index is 0.00000225.